The number of Topliss-reactive ketones (excluding diaryl/α,β-unsaturated/α-hetero) is 1. The van der Waals surface area contributed by atoms with Gasteiger partial charge in [-0.3, -0.25) is 4.79 Å². The first kappa shape index (κ1) is 11.6. The number of carbonyl (C=O) groups excluding carboxylic acids is 2. The quantitative estimate of drug-likeness (QED) is 0.746. The van der Waals surface area contributed by atoms with Crippen LogP contribution in [-0.2, 0) is 9.53 Å². The van der Waals surface area contributed by atoms with Crippen LogP contribution in [0.25, 0.3) is 0 Å². The molecule has 1 amide bonds. The molecule has 1 aromatic carbocycles. The van der Waals surface area contributed by atoms with Crippen molar-refractivity contribution in [2.24, 2.45) is 0 Å². The van der Waals surface area contributed by atoms with Gasteiger partial charge in [0.05, 0.1) is 13.2 Å². The lowest BCUT2D eigenvalue weighted by molar-refractivity contribution is -0.122. The Bertz CT molecular complexity index is 416. The second-order valence-corrected chi connectivity index (χ2v) is 4.08. The van der Waals surface area contributed by atoms with Crippen LogP contribution in [-0.4, -0.2) is 30.4 Å². The van der Waals surface area contributed by atoms with Crippen molar-refractivity contribution >= 4 is 11.9 Å². The number of hydrogen-bond acceptors (Lipinski definition) is 3. The summed E-state index contributed by atoms with van der Waals surface area (Å²) in [6, 6.07) is 9.40. The van der Waals surface area contributed by atoms with Crippen LogP contribution in [0.5, 0.6) is 0 Å². The summed E-state index contributed by atoms with van der Waals surface area (Å²) < 4.78 is 4.75. The molecule has 1 aromatic rings. The van der Waals surface area contributed by atoms with E-state index < -0.39 is 0 Å². The standard InChI is InChI=1S/C13H15NO3/c1-17-13(16)14-8-7-11(15)9-12(14)10-5-3-2-4-6-10/h2-6,12H,7-9H2,1H3. The molecule has 1 fully saturated rings. The summed E-state index contributed by atoms with van der Waals surface area (Å²) in [6.07, 6.45) is 0.420. The molecule has 0 spiro atoms. The largest absolute Gasteiger partial charge is 0.453 e. The molecule has 1 aliphatic heterocycles. The number of hydrogen-bond donors (Lipinski definition) is 0. The fourth-order valence-corrected chi connectivity index (χ4v) is 2.14. The van der Waals surface area contributed by atoms with Gasteiger partial charge in [0.2, 0.25) is 0 Å². The van der Waals surface area contributed by atoms with Gasteiger partial charge < -0.3 is 9.64 Å². The molecule has 0 aromatic heterocycles. The Morgan fingerprint density at radius 1 is 1.35 bits per heavy atom. The Balaban J connectivity index is 2.26. The highest BCUT2D eigenvalue weighted by molar-refractivity contribution is 5.82. The van der Waals surface area contributed by atoms with E-state index in [1.54, 1.807) is 4.90 Å². The average Bonchev–Trinajstić information content (AvgIpc) is 2.39. The molecule has 4 nitrogen and oxygen atoms in total. The number of nitrogens with zero attached hydrogens (tertiary/aromatic N) is 1. The van der Waals surface area contributed by atoms with E-state index >= 15 is 0 Å². The number of piperidine rings is 1. The number of carbonyl (C=O) groups is 2. The molecule has 4 heteroatoms. The molecule has 0 N–H and O–H groups in total. The monoisotopic (exact) mass is 233 g/mol. The van der Waals surface area contributed by atoms with E-state index in [1.165, 1.54) is 7.11 Å². The summed E-state index contributed by atoms with van der Waals surface area (Å²) in [5.41, 5.74) is 0.978. The summed E-state index contributed by atoms with van der Waals surface area (Å²) in [5, 5.41) is 0. The molecular weight excluding hydrogens is 218 g/mol. The molecule has 1 saturated heterocycles. The second kappa shape index (κ2) is 4.99. The van der Waals surface area contributed by atoms with Crippen LogP contribution in [0.4, 0.5) is 4.79 Å². The van der Waals surface area contributed by atoms with Gasteiger partial charge in [0.25, 0.3) is 0 Å². The molecule has 2 rings (SSSR count). The molecule has 17 heavy (non-hydrogen) atoms. The third-order valence-corrected chi connectivity index (χ3v) is 3.02. The van der Waals surface area contributed by atoms with E-state index in [-0.39, 0.29) is 17.9 Å². The minimum absolute atomic E-state index is 0.190. The Labute approximate surface area is 100 Å². The van der Waals surface area contributed by atoms with E-state index in [9.17, 15) is 9.59 Å². The number of likely N-dealkylation sites (tertiary alicyclic amines) is 1. The van der Waals surface area contributed by atoms with Gasteiger partial charge in [-0.2, -0.15) is 0 Å². The Hall–Kier alpha value is -1.84. The van der Waals surface area contributed by atoms with Crippen molar-refractivity contribution in [1.29, 1.82) is 0 Å². The highest BCUT2D eigenvalue weighted by atomic mass is 16.5. The number of ether oxygens (including phenoxy) is 1. The highest BCUT2D eigenvalue weighted by Crippen LogP contribution is 2.29. The van der Waals surface area contributed by atoms with Gasteiger partial charge in [-0.25, -0.2) is 4.79 Å². The van der Waals surface area contributed by atoms with Crippen LogP contribution in [0.2, 0.25) is 0 Å². The van der Waals surface area contributed by atoms with Gasteiger partial charge >= 0.3 is 6.09 Å². The van der Waals surface area contributed by atoms with Crippen molar-refractivity contribution in [3.8, 4) is 0 Å². The summed E-state index contributed by atoms with van der Waals surface area (Å²) in [7, 11) is 1.36. The molecule has 1 heterocycles. The van der Waals surface area contributed by atoms with Crippen LogP contribution in [0.3, 0.4) is 0 Å². The van der Waals surface area contributed by atoms with Crippen LogP contribution in [0.15, 0.2) is 30.3 Å². The maximum absolute atomic E-state index is 11.6. The zero-order valence-corrected chi connectivity index (χ0v) is 9.76. The van der Waals surface area contributed by atoms with Crippen LogP contribution in [0.1, 0.15) is 24.4 Å². The van der Waals surface area contributed by atoms with Crippen molar-refractivity contribution in [3.63, 3.8) is 0 Å². The fraction of sp³-hybridized carbons (Fsp3) is 0.385. The summed E-state index contributed by atoms with van der Waals surface area (Å²) in [4.78, 5) is 24.8. The third-order valence-electron chi connectivity index (χ3n) is 3.02. The Morgan fingerprint density at radius 2 is 2.06 bits per heavy atom. The first-order chi connectivity index (χ1) is 8.22. The molecule has 0 bridgehead atoms. The molecule has 1 atom stereocenters. The molecule has 0 radical (unpaired) electrons. The number of methoxy groups -OCH3 is 1. The van der Waals surface area contributed by atoms with Gasteiger partial charge in [-0.05, 0) is 5.56 Å². The number of benzene rings is 1. The summed E-state index contributed by atoms with van der Waals surface area (Å²) >= 11 is 0. The third kappa shape index (κ3) is 2.46. The Kier molecular flexibility index (Phi) is 3.42. The van der Waals surface area contributed by atoms with Crippen molar-refractivity contribution in [3.05, 3.63) is 35.9 Å². The van der Waals surface area contributed by atoms with Crippen molar-refractivity contribution in [2.45, 2.75) is 18.9 Å². The minimum atomic E-state index is -0.369. The number of ketones is 1. The molecule has 1 unspecified atom stereocenters. The summed E-state index contributed by atoms with van der Waals surface area (Å²) in [6.45, 7) is 0.436. The van der Waals surface area contributed by atoms with Gasteiger partial charge in [0.1, 0.15) is 5.78 Å². The van der Waals surface area contributed by atoms with Gasteiger partial charge in [0, 0.05) is 19.4 Å². The maximum Gasteiger partial charge on any atom is 0.410 e. The number of amides is 1. The van der Waals surface area contributed by atoms with Crippen LogP contribution < -0.4 is 0 Å². The van der Waals surface area contributed by atoms with E-state index in [4.69, 9.17) is 4.74 Å². The topological polar surface area (TPSA) is 46.6 Å². The lowest BCUT2D eigenvalue weighted by atomic mass is 9.95. The zero-order valence-electron chi connectivity index (χ0n) is 9.76. The molecule has 0 aliphatic carbocycles. The molecule has 90 valence electrons. The maximum atomic E-state index is 11.6. The second-order valence-electron chi connectivity index (χ2n) is 4.08. The smallest absolute Gasteiger partial charge is 0.410 e. The van der Waals surface area contributed by atoms with Gasteiger partial charge in [-0.1, -0.05) is 30.3 Å². The highest BCUT2D eigenvalue weighted by Gasteiger charge is 2.31. The van der Waals surface area contributed by atoms with Crippen molar-refractivity contribution in [2.75, 3.05) is 13.7 Å². The van der Waals surface area contributed by atoms with E-state index in [2.05, 4.69) is 0 Å². The van der Waals surface area contributed by atoms with E-state index in [0.29, 0.717) is 19.4 Å². The van der Waals surface area contributed by atoms with Gasteiger partial charge in [0.15, 0.2) is 0 Å². The Morgan fingerprint density at radius 3 is 2.71 bits per heavy atom. The lowest BCUT2D eigenvalue weighted by Crippen LogP contribution is -2.41. The van der Waals surface area contributed by atoms with Crippen molar-refractivity contribution < 1.29 is 14.3 Å². The van der Waals surface area contributed by atoms with Crippen molar-refractivity contribution in [1.82, 2.24) is 4.90 Å². The fourth-order valence-electron chi connectivity index (χ4n) is 2.14. The molecule has 1 aliphatic rings. The first-order valence-corrected chi connectivity index (χ1v) is 5.63. The van der Waals surface area contributed by atoms with Crippen LogP contribution in [0, 0.1) is 0 Å². The van der Waals surface area contributed by atoms with E-state index in [0.717, 1.165) is 5.56 Å². The number of rotatable bonds is 1. The SMILES string of the molecule is COC(=O)N1CCC(=O)CC1c1ccccc1. The predicted molar refractivity (Wildman–Crippen MR) is 62.5 cm³/mol. The molecule has 0 saturated carbocycles. The first-order valence-electron chi connectivity index (χ1n) is 5.63. The van der Waals surface area contributed by atoms with E-state index in [1.807, 2.05) is 30.3 Å². The van der Waals surface area contributed by atoms with Crippen LogP contribution >= 0.6 is 0 Å². The lowest BCUT2D eigenvalue weighted by Gasteiger charge is -2.34. The normalized spacial score (nSPS) is 20.2. The predicted octanol–water partition coefficient (Wildman–Crippen LogP) is 2.16. The average molecular weight is 233 g/mol. The summed E-state index contributed by atoms with van der Waals surface area (Å²) in [5.74, 6) is 0.194. The minimum Gasteiger partial charge on any atom is -0.453 e. The van der Waals surface area contributed by atoms with Gasteiger partial charge in [-0.15, -0.1) is 0 Å². The zero-order chi connectivity index (χ0) is 12.3. The molecular formula is C13H15NO3.